The Morgan fingerprint density at radius 3 is 2.62 bits per heavy atom. The molecule has 2 aromatic carbocycles. The molecular weight excluding hydrogens is 307 g/mol. The second kappa shape index (κ2) is 7.45. The molecule has 0 saturated carbocycles. The number of methoxy groups -OCH3 is 1. The zero-order chi connectivity index (χ0) is 17.7. The van der Waals surface area contributed by atoms with E-state index < -0.39 is 11.5 Å². The molecule has 0 saturated heterocycles. The zero-order valence-corrected chi connectivity index (χ0v) is 14.2. The van der Waals surface area contributed by atoms with Crippen molar-refractivity contribution in [3.63, 3.8) is 0 Å². The molecule has 1 atom stereocenters. The molecule has 24 heavy (non-hydrogen) atoms. The summed E-state index contributed by atoms with van der Waals surface area (Å²) < 4.78 is 18.7. The Morgan fingerprint density at radius 2 is 1.96 bits per heavy atom. The minimum absolute atomic E-state index is 0.294. The van der Waals surface area contributed by atoms with E-state index in [0.29, 0.717) is 17.9 Å². The van der Waals surface area contributed by atoms with Crippen LogP contribution in [0.4, 0.5) is 4.39 Å². The Kier molecular flexibility index (Phi) is 5.57. The van der Waals surface area contributed by atoms with Gasteiger partial charge in [0.2, 0.25) is 5.91 Å². The van der Waals surface area contributed by atoms with Crippen molar-refractivity contribution in [3.05, 3.63) is 65.5 Å². The predicted octanol–water partition coefficient (Wildman–Crippen LogP) is 2.93. The van der Waals surface area contributed by atoms with Crippen molar-refractivity contribution in [2.24, 2.45) is 5.73 Å². The molecule has 0 aliphatic carbocycles. The van der Waals surface area contributed by atoms with Crippen LogP contribution in [0.5, 0.6) is 5.75 Å². The summed E-state index contributed by atoms with van der Waals surface area (Å²) in [6.07, 6.45) is 0. The Labute approximate surface area is 141 Å². The molecule has 2 rings (SSSR count). The van der Waals surface area contributed by atoms with Crippen molar-refractivity contribution in [3.8, 4) is 5.75 Å². The maximum Gasteiger partial charge on any atom is 0.241 e. The van der Waals surface area contributed by atoms with E-state index in [0.717, 1.165) is 5.56 Å². The first-order valence-corrected chi connectivity index (χ1v) is 7.77. The van der Waals surface area contributed by atoms with Crippen LogP contribution in [0, 0.1) is 5.82 Å². The van der Waals surface area contributed by atoms with Gasteiger partial charge in [0, 0.05) is 17.5 Å². The Balaban J connectivity index is 2.06. The molecule has 0 heterocycles. The van der Waals surface area contributed by atoms with E-state index in [9.17, 15) is 9.18 Å². The summed E-state index contributed by atoms with van der Waals surface area (Å²) in [6, 6.07) is 12.7. The van der Waals surface area contributed by atoms with Crippen LogP contribution in [0.25, 0.3) is 0 Å². The number of para-hydroxylation sites is 1. The molecule has 0 spiro atoms. The van der Waals surface area contributed by atoms with Crippen LogP contribution in [-0.2, 0) is 10.2 Å². The standard InChI is InChI=1S/C19H23FN2O2/c1-19(2,13-7-6-8-14(20)11-13)12-22-18(23)17(21)15-9-4-5-10-16(15)24-3/h4-11,17H,12,21H2,1-3H3,(H,22,23). The molecule has 0 aliphatic heterocycles. The summed E-state index contributed by atoms with van der Waals surface area (Å²) in [7, 11) is 1.54. The van der Waals surface area contributed by atoms with Gasteiger partial charge < -0.3 is 15.8 Å². The van der Waals surface area contributed by atoms with Gasteiger partial charge in [-0.3, -0.25) is 4.79 Å². The average Bonchev–Trinajstić information content (AvgIpc) is 2.59. The summed E-state index contributed by atoms with van der Waals surface area (Å²) in [4.78, 5) is 12.4. The highest BCUT2D eigenvalue weighted by Gasteiger charge is 2.25. The van der Waals surface area contributed by atoms with Gasteiger partial charge >= 0.3 is 0 Å². The van der Waals surface area contributed by atoms with E-state index in [4.69, 9.17) is 10.5 Å². The van der Waals surface area contributed by atoms with Crippen LogP contribution >= 0.6 is 0 Å². The quantitative estimate of drug-likeness (QED) is 0.856. The molecule has 0 bridgehead atoms. The highest BCUT2D eigenvalue weighted by molar-refractivity contribution is 5.83. The fourth-order valence-corrected chi connectivity index (χ4v) is 2.49. The van der Waals surface area contributed by atoms with E-state index in [1.807, 2.05) is 32.0 Å². The largest absolute Gasteiger partial charge is 0.496 e. The van der Waals surface area contributed by atoms with Crippen LogP contribution < -0.4 is 15.8 Å². The molecule has 1 unspecified atom stereocenters. The summed E-state index contributed by atoms with van der Waals surface area (Å²) in [6.45, 7) is 4.23. The van der Waals surface area contributed by atoms with Gasteiger partial charge in [0.05, 0.1) is 7.11 Å². The van der Waals surface area contributed by atoms with Crippen LogP contribution in [-0.4, -0.2) is 19.6 Å². The third kappa shape index (κ3) is 4.11. The lowest BCUT2D eigenvalue weighted by molar-refractivity contribution is -0.122. The highest BCUT2D eigenvalue weighted by atomic mass is 19.1. The van der Waals surface area contributed by atoms with E-state index in [1.54, 1.807) is 18.2 Å². The minimum Gasteiger partial charge on any atom is -0.496 e. The van der Waals surface area contributed by atoms with Crippen molar-refractivity contribution in [1.82, 2.24) is 5.32 Å². The maximum absolute atomic E-state index is 13.4. The number of carbonyl (C=O) groups is 1. The summed E-state index contributed by atoms with van der Waals surface area (Å²) in [5.74, 6) is -0.0221. The van der Waals surface area contributed by atoms with E-state index >= 15 is 0 Å². The van der Waals surface area contributed by atoms with E-state index in [-0.39, 0.29) is 11.7 Å². The van der Waals surface area contributed by atoms with E-state index in [2.05, 4.69) is 5.32 Å². The Hall–Kier alpha value is -2.40. The fourth-order valence-electron chi connectivity index (χ4n) is 2.49. The van der Waals surface area contributed by atoms with Crippen molar-refractivity contribution < 1.29 is 13.9 Å². The van der Waals surface area contributed by atoms with Crippen molar-refractivity contribution >= 4 is 5.91 Å². The number of carbonyl (C=O) groups excluding carboxylic acids is 1. The topological polar surface area (TPSA) is 64.3 Å². The number of amides is 1. The number of hydrogen-bond donors (Lipinski definition) is 2. The summed E-state index contributed by atoms with van der Waals surface area (Å²) >= 11 is 0. The van der Waals surface area contributed by atoms with Crippen molar-refractivity contribution in [1.29, 1.82) is 0 Å². The van der Waals surface area contributed by atoms with Gasteiger partial charge in [-0.05, 0) is 23.8 Å². The number of hydrogen-bond acceptors (Lipinski definition) is 3. The third-order valence-electron chi connectivity index (χ3n) is 4.07. The molecule has 3 N–H and O–H groups in total. The predicted molar refractivity (Wildman–Crippen MR) is 92.4 cm³/mol. The number of benzene rings is 2. The SMILES string of the molecule is COc1ccccc1C(N)C(=O)NCC(C)(C)c1cccc(F)c1. The first-order valence-electron chi connectivity index (χ1n) is 7.77. The van der Waals surface area contributed by atoms with Gasteiger partial charge in [0.25, 0.3) is 0 Å². The lowest BCUT2D eigenvalue weighted by Gasteiger charge is -2.26. The average molecular weight is 330 g/mol. The molecule has 4 nitrogen and oxygen atoms in total. The smallest absolute Gasteiger partial charge is 0.241 e. The van der Waals surface area contributed by atoms with Crippen molar-refractivity contribution in [2.75, 3.05) is 13.7 Å². The molecule has 0 radical (unpaired) electrons. The number of nitrogens with one attached hydrogen (secondary N) is 1. The molecule has 0 fully saturated rings. The normalized spacial score (nSPS) is 12.5. The lowest BCUT2D eigenvalue weighted by Crippen LogP contribution is -2.41. The summed E-state index contributed by atoms with van der Waals surface area (Å²) in [5, 5.41) is 2.85. The maximum atomic E-state index is 13.4. The summed E-state index contributed by atoms with van der Waals surface area (Å²) in [5.41, 5.74) is 7.08. The van der Waals surface area contributed by atoms with Gasteiger partial charge in [-0.2, -0.15) is 0 Å². The second-order valence-corrected chi connectivity index (χ2v) is 6.33. The number of rotatable bonds is 6. The van der Waals surface area contributed by atoms with Crippen LogP contribution in [0.3, 0.4) is 0 Å². The van der Waals surface area contributed by atoms with Crippen LogP contribution in [0.2, 0.25) is 0 Å². The van der Waals surface area contributed by atoms with Crippen molar-refractivity contribution in [2.45, 2.75) is 25.3 Å². The molecule has 1 amide bonds. The lowest BCUT2D eigenvalue weighted by atomic mass is 9.84. The number of nitrogens with two attached hydrogens (primary N) is 1. The van der Waals surface area contributed by atoms with Gasteiger partial charge in [-0.1, -0.05) is 44.2 Å². The van der Waals surface area contributed by atoms with Gasteiger partial charge in [-0.15, -0.1) is 0 Å². The van der Waals surface area contributed by atoms with E-state index in [1.165, 1.54) is 19.2 Å². The number of ether oxygens (including phenoxy) is 1. The zero-order valence-electron chi connectivity index (χ0n) is 14.2. The molecule has 2 aromatic rings. The van der Waals surface area contributed by atoms with Crippen LogP contribution in [0.15, 0.2) is 48.5 Å². The Morgan fingerprint density at radius 1 is 1.25 bits per heavy atom. The number of halogens is 1. The fraction of sp³-hybridized carbons (Fsp3) is 0.316. The monoisotopic (exact) mass is 330 g/mol. The molecule has 0 aliphatic rings. The minimum atomic E-state index is -0.829. The third-order valence-corrected chi connectivity index (χ3v) is 4.07. The Bertz CT molecular complexity index is 716. The highest BCUT2D eigenvalue weighted by Crippen LogP contribution is 2.25. The van der Waals surface area contributed by atoms with Gasteiger partial charge in [0.1, 0.15) is 17.6 Å². The van der Waals surface area contributed by atoms with Crippen LogP contribution in [0.1, 0.15) is 31.0 Å². The van der Waals surface area contributed by atoms with Gasteiger partial charge in [-0.25, -0.2) is 4.39 Å². The second-order valence-electron chi connectivity index (χ2n) is 6.33. The molecular formula is C19H23FN2O2. The first kappa shape index (κ1) is 17.9. The molecule has 0 aromatic heterocycles. The molecule has 5 heteroatoms. The first-order chi connectivity index (χ1) is 11.3. The molecule has 128 valence electrons. The van der Waals surface area contributed by atoms with Gasteiger partial charge in [0.15, 0.2) is 0 Å².